The van der Waals surface area contributed by atoms with Crippen molar-refractivity contribution < 1.29 is 12.8 Å². The smallest absolute Gasteiger partial charge is 0.246 e. The number of hydrogen-bond donors (Lipinski definition) is 1. The van der Waals surface area contributed by atoms with Crippen molar-refractivity contribution in [3.8, 4) is 0 Å². The first kappa shape index (κ1) is 14.3. The second-order valence-electron chi connectivity index (χ2n) is 5.01. The second kappa shape index (κ2) is 5.09. The van der Waals surface area contributed by atoms with Crippen LogP contribution in [-0.4, -0.2) is 24.8 Å². The van der Waals surface area contributed by atoms with Crippen LogP contribution in [0.4, 0.5) is 10.1 Å². The molecule has 2 atom stereocenters. The number of halogens is 1. The first-order valence-corrected chi connectivity index (χ1v) is 7.90. The predicted molar refractivity (Wildman–Crippen MR) is 72.6 cm³/mol. The summed E-state index contributed by atoms with van der Waals surface area (Å²) in [5.74, 6) is -0.783. The van der Waals surface area contributed by atoms with Crippen molar-refractivity contribution in [2.24, 2.45) is 0 Å². The van der Waals surface area contributed by atoms with E-state index in [4.69, 9.17) is 5.73 Å². The third-order valence-corrected chi connectivity index (χ3v) is 5.79. The van der Waals surface area contributed by atoms with Gasteiger partial charge in [0.1, 0.15) is 10.7 Å². The molecule has 0 spiro atoms. The van der Waals surface area contributed by atoms with Crippen molar-refractivity contribution in [2.75, 3.05) is 5.73 Å². The molecule has 1 heterocycles. The largest absolute Gasteiger partial charge is 0.399 e. The Labute approximate surface area is 113 Å². The van der Waals surface area contributed by atoms with Gasteiger partial charge in [-0.25, -0.2) is 12.8 Å². The molecular formula is C13H19FN2O2S. The molecule has 1 fully saturated rings. The molecule has 0 aliphatic carbocycles. The van der Waals surface area contributed by atoms with Crippen molar-refractivity contribution in [3.63, 3.8) is 0 Å². The van der Waals surface area contributed by atoms with Crippen LogP contribution in [0.25, 0.3) is 0 Å². The fourth-order valence-electron chi connectivity index (χ4n) is 2.71. The molecule has 1 aromatic carbocycles. The van der Waals surface area contributed by atoms with Crippen LogP contribution in [0.2, 0.25) is 0 Å². The summed E-state index contributed by atoms with van der Waals surface area (Å²) >= 11 is 0. The summed E-state index contributed by atoms with van der Waals surface area (Å²) in [4.78, 5) is -0.283. The van der Waals surface area contributed by atoms with E-state index in [1.54, 1.807) is 0 Å². The van der Waals surface area contributed by atoms with Crippen LogP contribution >= 0.6 is 0 Å². The number of nitrogen functional groups attached to an aromatic ring is 1. The summed E-state index contributed by atoms with van der Waals surface area (Å²) in [6, 6.07) is 3.58. The van der Waals surface area contributed by atoms with Gasteiger partial charge in [0.05, 0.1) is 0 Å². The molecule has 19 heavy (non-hydrogen) atoms. The Balaban J connectivity index is 2.47. The van der Waals surface area contributed by atoms with Crippen LogP contribution in [0.3, 0.4) is 0 Å². The number of anilines is 1. The first-order valence-electron chi connectivity index (χ1n) is 6.46. The molecule has 2 rings (SSSR count). The first-order chi connectivity index (χ1) is 8.87. The SMILES string of the molecule is CCC1CCC(C)N1S(=O)(=O)c1ccc(N)cc1F. The number of nitrogens with zero attached hydrogens (tertiary/aromatic N) is 1. The van der Waals surface area contributed by atoms with Crippen molar-refractivity contribution in [2.45, 2.75) is 50.1 Å². The van der Waals surface area contributed by atoms with Crippen LogP contribution in [0.1, 0.15) is 33.1 Å². The number of hydrogen-bond acceptors (Lipinski definition) is 3. The molecule has 2 N–H and O–H groups in total. The Hall–Kier alpha value is -1.14. The molecule has 1 aromatic rings. The molecule has 1 saturated heterocycles. The lowest BCUT2D eigenvalue weighted by Gasteiger charge is -2.27. The van der Waals surface area contributed by atoms with E-state index in [0.717, 1.165) is 25.3 Å². The molecule has 106 valence electrons. The maximum atomic E-state index is 13.9. The van der Waals surface area contributed by atoms with E-state index in [2.05, 4.69) is 0 Å². The van der Waals surface area contributed by atoms with Crippen LogP contribution in [0.15, 0.2) is 23.1 Å². The maximum absolute atomic E-state index is 13.9. The zero-order chi connectivity index (χ0) is 14.2. The van der Waals surface area contributed by atoms with Gasteiger partial charge >= 0.3 is 0 Å². The van der Waals surface area contributed by atoms with Gasteiger partial charge in [-0.3, -0.25) is 0 Å². The lowest BCUT2D eigenvalue weighted by Crippen LogP contribution is -2.39. The lowest BCUT2D eigenvalue weighted by atomic mass is 10.2. The molecule has 4 nitrogen and oxygen atoms in total. The average molecular weight is 286 g/mol. The van der Waals surface area contributed by atoms with Crippen molar-refractivity contribution in [1.82, 2.24) is 4.31 Å². The van der Waals surface area contributed by atoms with Crippen molar-refractivity contribution >= 4 is 15.7 Å². The van der Waals surface area contributed by atoms with Crippen LogP contribution in [-0.2, 0) is 10.0 Å². The molecule has 0 saturated carbocycles. The Morgan fingerprint density at radius 3 is 2.68 bits per heavy atom. The molecule has 0 aromatic heterocycles. The van der Waals surface area contributed by atoms with E-state index >= 15 is 0 Å². The highest BCUT2D eigenvalue weighted by atomic mass is 32.2. The van der Waals surface area contributed by atoms with Gasteiger partial charge in [-0.1, -0.05) is 6.92 Å². The summed E-state index contributed by atoms with van der Waals surface area (Å²) in [5.41, 5.74) is 5.68. The van der Waals surface area contributed by atoms with Gasteiger partial charge in [0.15, 0.2) is 0 Å². The highest BCUT2D eigenvalue weighted by Gasteiger charge is 2.40. The highest BCUT2D eigenvalue weighted by molar-refractivity contribution is 7.89. The normalized spacial score (nSPS) is 24.8. The van der Waals surface area contributed by atoms with Crippen molar-refractivity contribution in [3.05, 3.63) is 24.0 Å². The lowest BCUT2D eigenvalue weighted by molar-refractivity contribution is 0.327. The van der Waals surface area contributed by atoms with E-state index in [0.29, 0.717) is 0 Å². The van der Waals surface area contributed by atoms with Gasteiger partial charge in [-0.15, -0.1) is 0 Å². The van der Waals surface area contributed by atoms with Crippen LogP contribution in [0.5, 0.6) is 0 Å². The predicted octanol–water partition coefficient (Wildman–Crippen LogP) is 2.36. The van der Waals surface area contributed by atoms with E-state index in [1.807, 2.05) is 13.8 Å². The monoisotopic (exact) mass is 286 g/mol. The standard InChI is InChI=1S/C13H19FN2O2S/c1-3-11-6-4-9(2)16(11)19(17,18)13-7-5-10(15)8-12(13)14/h5,7-9,11H,3-4,6,15H2,1-2H3. The fourth-order valence-corrected chi connectivity index (χ4v) is 4.70. The van der Waals surface area contributed by atoms with Gasteiger partial charge in [0.2, 0.25) is 10.0 Å². The fraction of sp³-hybridized carbons (Fsp3) is 0.538. The molecule has 0 bridgehead atoms. The van der Waals surface area contributed by atoms with E-state index in [-0.39, 0.29) is 22.7 Å². The zero-order valence-electron chi connectivity index (χ0n) is 11.1. The highest BCUT2D eigenvalue weighted by Crippen LogP contribution is 2.33. The zero-order valence-corrected chi connectivity index (χ0v) is 12.0. The summed E-state index contributed by atoms with van der Waals surface area (Å²) in [6.45, 7) is 3.81. The third kappa shape index (κ3) is 2.47. The third-order valence-electron chi connectivity index (χ3n) is 3.69. The number of sulfonamides is 1. The molecule has 1 aliphatic rings. The van der Waals surface area contributed by atoms with Gasteiger partial charge in [-0.2, -0.15) is 4.31 Å². The molecule has 0 amide bonds. The maximum Gasteiger partial charge on any atom is 0.246 e. The number of benzene rings is 1. The Bertz CT molecular complexity index is 574. The second-order valence-corrected chi connectivity index (χ2v) is 6.82. The van der Waals surface area contributed by atoms with Gasteiger partial charge in [-0.05, 0) is 44.4 Å². The molecule has 6 heteroatoms. The summed E-state index contributed by atoms with van der Waals surface area (Å²) < 4.78 is 40.5. The average Bonchev–Trinajstić information content (AvgIpc) is 2.70. The molecule has 0 radical (unpaired) electrons. The van der Waals surface area contributed by atoms with Crippen LogP contribution < -0.4 is 5.73 Å². The Morgan fingerprint density at radius 1 is 1.42 bits per heavy atom. The topological polar surface area (TPSA) is 63.4 Å². The quantitative estimate of drug-likeness (QED) is 0.868. The number of nitrogens with two attached hydrogens (primary N) is 1. The van der Waals surface area contributed by atoms with Crippen molar-refractivity contribution in [1.29, 1.82) is 0 Å². The van der Waals surface area contributed by atoms with Gasteiger partial charge in [0, 0.05) is 17.8 Å². The van der Waals surface area contributed by atoms with E-state index in [9.17, 15) is 12.8 Å². The molecular weight excluding hydrogens is 267 g/mol. The Morgan fingerprint density at radius 2 is 2.11 bits per heavy atom. The molecule has 1 aliphatic heterocycles. The van der Waals surface area contributed by atoms with Gasteiger partial charge < -0.3 is 5.73 Å². The van der Waals surface area contributed by atoms with E-state index in [1.165, 1.54) is 16.4 Å². The minimum atomic E-state index is -3.79. The number of rotatable bonds is 3. The van der Waals surface area contributed by atoms with E-state index < -0.39 is 15.8 Å². The minimum absolute atomic E-state index is 0.0445. The summed E-state index contributed by atoms with van der Waals surface area (Å²) in [5, 5.41) is 0. The summed E-state index contributed by atoms with van der Waals surface area (Å²) in [7, 11) is -3.79. The minimum Gasteiger partial charge on any atom is -0.399 e. The molecule has 2 unspecified atom stereocenters. The Kier molecular flexibility index (Phi) is 3.82. The van der Waals surface area contributed by atoms with Crippen LogP contribution in [0, 0.1) is 5.82 Å². The van der Waals surface area contributed by atoms with Gasteiger partial charge in [0.25, 0.3) is 0 Å². The summed E-state index contributed by atoms with van der Waals surface area (Å²) in [6.07, 6.45) is 2.38.